The number of halogens is 1. The number of amides is 2. The first kappa shape index (κ1) is 21.2. The van der Waals surface area contributed by atoms with Crippen LogP contribution >= 0.6 is 12.4 Å². The number of likely N-dealkylation sites (tertiary alicyclic amines) is 2. The minimum atomic E-state index is -0.254. The molecule has 0 spiro atoms. The van der Waals surface area contributed by atoms with Crippen LogP contribution in [0.5, 0.6) is 0 Å². The number of carbonyl (C=O) groups is 2. The summed E-state index contributed by atoms with van der Waals surface area (Å²) < 4.78 is 0. The lowest BCUT2D eigenvalue weighted by Gasteiger charge is -2.40. The molecule has 2 amide bonds. The van der Waals surface area contributed by atoms with Crippen LogP contribution in [0.25, 0.3) is 0 Å². The molecule has 2 atom stereocenters. The van der Waals surface area contributed by atoms with E-state index >= 15 is 0 Å². The van der Waals surface area contributed by atoms with E-state index in [2.05, 4.69) is 19.2 Å². The van der Waals surface area contributed by atoms with E-state index in [1.165, 1.54) is 6.42 Å². The van der Waals surface area contributed by atoms with E-state index in [4.69, 9.17) is 0 Å². The van der Waals surface area contributed by atoms with Gasteiger partial charge in [-0.15, -0.1) is 12.4 Å². The number of hydrogen-bond donors (Lipinski definition) is 1. The maximum atomic E-state index is 13.1. The number of nitrogens with one attached hydrogen (secondary N) is 1. The Morgan fingerprint density at radius 2 is 2.00 bits per heavy atom. The first-order chi connectivity index (χ1) is 11.0. The average molecular weight is 360 g/mol. The Hall–Kier alpha value is -0.810. The van der Waals surface area contributed by atoms with E-state index in [-0.39, 0.29) is 30.3 Å². The molecular weight excluding hydrogens is 326 g/mol. The average Bonchev–Trinajstić information content (AvgIpc) is 2.53. The van der Waals surface area contributed by atoms with Crippen molar-refractivity contribution in [2.45, 2.75) is 58.4 Å². The second kappa shape index (κ2) is 10.2. The standard InChI is InChI=1S/C18H33N3O2.ClH/c1-14(2)11-16(21-10-5-4-8-17(21)22)18(23)20-9-6-7-15(13-20)12-19-3;/h14-16,19H,4-13H2,1-3H3;1H. The highest BCUT2D eigenvalue weighted by Crippen LogP contribution is 2.23. The molecule has 24 heavy (non-hydrogen) atoms. The quantitative estimate of drug-likeness (QED) is 0.791. The monoisotopic (exact) mass is 359 g/mol. The molecule has 2 rings (SSSR count). The van der Waals surface area contributed by atoms with Crippen molar-refractivity contribution in [3.05, 3.63) is 0 Å². The Kier molecular flexibility index (Phi) is 9.06. The molecule has 0 bridgehead atoms. The van der Waals surface area contributed by atoms with Crippen LogP contribution in [-0.4, -0.2) is 60.9 Å². The largest absolute Gasteiger partial charge is 0.341 e. The summed E-state index contributed by atoms with van der Waals surface area (Å²) >= 11 is 0. The van der Waals surface area contributed by atoms with Crippen LogP contribution in [0.3, 0.4) is 0 Å². The van der Waals surface area contributed by atoms with Crippen molar-refractivity contribution in [3.63, 3.8) is 0 Å². The molecule has 2 saturated heterocycles. The van der Waals surface area contributed by atoms with Crippen molar-refractivity contribution in [1.82, 2.24) is 15.1 Å². The minimum Gasteiger partial charge on any atom is -0.341 e. The number of hydrogen-bond acceptors (Lipinski definition) is 3. The maximum Gasteiger partial charge on any atom is 0.245 e. The second-order valence-electron chi connectivity index (χ2n) is 7.54. The third-order valence-electron chi connectivity index (χ3n) is 5.04. The molecule has 2 fully saturated rings. The first-order valence-corrected chi connectivity index (χ1v) is 9.25. The van der Waals surface area contributed by atoms with Gasteiger partial charge >= 0.3 is 0 Å². The van der Waals surface area contributed by atoms with Gasteiger partial charge in [-0.3, -0.25) is 9.59 Å². The van der Waals surface area contributed by atoms with Gasteiger partial charge in [-0.2, -0.15) is 0 Å². The van der Waals surface area contributed by atoms with Crippen molar-refractivity contribution in [1.29, 1.82) is 0 Å². The molecule has 140 valence electrons. The van der Waals surface area contributed by atoms with Gasteiger partial charge in [0.2, 0.25) is 11.8 Å². The van der Waals surface area contributed by atoms with Crippen LogP contribution in [0, 0.1) is 11.8 Å². The number of rotatable bonds is 6. The summed E-state index contributed by atoms with van der Waals surface area (Å²) in [5.74, 6) is 1.29. The summed E-state index contributed by atoms with van der Waals surface area (Å²) in [6.45, 7) is 7.65. The van der Waals surface area contributed by atoms with Crippen LogP contribution in [0.2, 0.25) is 0 Å². The van der Waals surface area contributed by atoms with Gasteiger partial charge in [0.15, 0.2) is 0 Å². The highest BCUT2D eigenvalue weighted by Gasteiger charge is 2.35. The fourth-order valence-electron chi connectivity index (χ4n) is 3.90. The van der Waals surface area contributed by atoms with Gasteiger partial charge in [0.25, 0.3) is 0 Å². The minimum absolute atomic E-state index is 0. The van der Waals surface area contributed by atoms with Crippen molar-refractivity contribution in [2.24, 2.45) is 11.8 Å². The Bertz CT molecular complexity index is 415. The molecule has 6 heteroatoms. The fourth-order valence-corrected chi connectivity index (χ4v) is 3.90. The third-order valence-corrected chi connectivity index (χ3v) is 5.04. The summed E-state index contributed by atoms with van der Waals surface area (Å²) in [6, 6.07) is -0.254. The summed E-state index contributed by atoms with van der Waals surface area (Å²) in [5, 5.41) is 3.23. The normalized spacial score (nSPS) is 23.2. The van der Waals surface area contributed by atoms with Crippen LogP contribution in [0.1, 0.15) is 52.4 Å². The van der Waals surface area contributed by atoms with E-state index in [1.807, 2.05) is 16.8 Å². The van der Waals surface area contributed by atoms with E-state index in [1.54, 1.807) is 0 Å². The molecule has 0 radical (unpaired) electrons. The highest BCUT2D eigenvalue weighted by atomic mass is 35.5. The van der Waals surface area contributed by atoms with E-state index in [0.717, 1.165) is 51.9 Å². The molecule has 2 aliphatic heterocycles. The molecule has 2 aliphatic rings. The molecule has 0 aromatic heterocycles. The van der Waals surface area contributed by atoms with Crippen molar-refractivity contribution in [3.8, 4) is 0 Å². The van der Waals surface area contributed by atoms with Gasteiger partial charge < -0.3 is 15.1 Å². The van der Waals surface area contributed by atoms with Gasteiger partial charge in [-0.25, -0.2) is 0 Å². The lowest BCUT2D eigenvalue weighted by molar-refractivity contribution is -0.149. The predicted molar refractivity (Wildman–Crippen MR) is 99.3 cm³/mol. The fraction of sp³-hybridized carbons (Fsp3) is 0.889. The molecule has 0 aromatic rings. The zero-order chi connectivity index (χ0) is 16.8. The Balaban J connectivity index is 0.00000288. The van der Waals surface area contributed by atoms with Crippen molar-refractivity contribution in [2.75, 3.05) is 33.2 Å². The summed E-state index contributed by atoms with van der Waals surface area (Å²) in [4.78, 5) is 29.3. The molecule has 1 N–H and O–H groups in total. The van der Waals surface area contributed by atoms with Crippen molar-refractivity contribution >= 4 is 24.2 Å². The van der Waals surface area contributed by atoms with Gasteiger partial charge in [-0.05, 0) is 57.5 Å². The Labute approximate surface area is 152 Å². The first-order valence-electron chi connectivity index (χ1n) is 9.25. The lowest BCUT2D eigenvalue weighted by atomic mass is 9.94. The van der Waals surface area contributed by atoms with Gasteiger partial charge in [-0.1, -0.05) is 13.8 Å². The summed E-state index contributed by atoms with van der Waals surface area (Å²) in [5.41, 5.74) is 0. The van der Waals surface area contributed by atoms with Gasteiger partial charge in [0, 0.05) is 26.1 Å². The number of piperidine rings is 2. The lowest BCUT2D eigenvalue weighted by Crippen LogP contribution is -2.55. The topological polar surface area (TPSA) is 52.7 Å². The van der Waals surface area contributed by atoms with E-state index in [9.17, 15) is 9.59 Å². The van der Waals surface area contributed by atoms with Gasteiger partial charge in [0.05, 0.1) is 0 Å². The SMILES string of the molecule is CNCC1CCCN(C(=O)C(CC(C)C)N2CCCCC2=O)C1.Cl. The predicted octanol–water partition coefficient (Wildman–Crippen LogP) is 2.29. The van der Waals surface area contributed by atoms with Crippen LogP contribution < -0.4 is 5.32 Å². The highest BCUT2D eigenvalue weighted by molar-refractivity contribution is 5.88. The van der Waals surface area contributed by atoms with Crippen LogP contribution in [0.4, 0.5) is 0 Å². The maximum absolute atomic E-state index is 13.1. The number of nitrogens with zero attached hydrogens (tertiary/aromatic N) is 2. The Morgan fingerprint density at radius 1 is 1.25 bits per heavy atom. The van der Waals surface area contributed by atoms with E-state index < -0.39 is 0 Å². The molecule has 0 aromatic carbocycles. The smallest absolute Gasteiger partial charge is 0.245 e. The van der Waals surface area contributed by atoms with Crippen LogP contribution in [-0.2, 0) is 9.59 Å². The molecule has 0 aliphatic carbocycles. The molecular formula is C18H34ClN3O2. The van der Waals surface area contributed by atoms with Gasteiger partial charge in [0.1, 0.15) is 6.04 Å². The number of carbonyl (C=O) groups excluding carboxylic acids is 2. The van der Waals surface area contributed by atoms with Crippen molar-refractivity contribution < 1.29 is 9.59 Å². The van der Waals surface area contributed by atoms with Crippen LogP contribution in [0.15, 0.2) is 0 Å². The third kappa shape index (κ3) is 5.62. The molecule has 2 heterocycles. The molecule has 5 nitrogen and oxygen atoms in total. The summed E-state index contributed by atoms with van der Waals surface area (Å²) in [7, 11) is 1.97. The summed E-state index contributed by atoms with van der Waals surface area (Å²) in [6.07, 6.45) is 5.62. The molecule has 0 saturated carbocycles. The zero-order valence-electron chi connectivity index (χ0n) is 15.4. The zero-order valence-corrected chi connectivity index (χ0v) is 16.2. The Morgan fingerprint density at radius 3 is 2.62 bits per heavy atom. The second-order valence-corrected chi connectivity index (χ2v) is 7.54. The molecule has 2 unspecified atom stereocenters. The van der Waals surface area contributed by atoms with E-state index in [0.29, 0.717) is 18.3 Å².